The molecule has 1 aliphatic rings. The predicted molar refractivity (Wildman–Crippen MR) is 172 cm³/mol. The summed E-state index contributed by atoms with van der Waals surface area (Å²) in [5.74, 6) is 1.12. The smallest absolute Gasteiger partial charge is 0.266 e. The first-order valence-corrected chi connectivity index (χ1v) is 14.9. The molecule has 2 N–H and O–H groups in total. The van der Waals surface area contributed by atoms with Crippen molar-refractivity contribution in [2.75, 3.05) is 51.0 Å². The van der Waals surface area contributed by atoms with E-state index in [-0.39, 0.29) is 5.91 Å². The van der Waals surface area contributed by atoms with Crippen molar-refractivity contribution in [1.29, 1.82) is 0 Å². The summed E-state index contributed by atoms with van der Waals surface area (Å²) in [4.78, 5) is 24.3. The topological polar surface area (TPSA) is 80.9 Å². The van der Waals surface area contributed by atoms with Crippen molar-refractivity contribution in [3.63, 3.8) is 0 Å². The van der Waals surface area contributed by atoms with Gasteiger partial charge in [0.25, 0.3) is 5.91 Å². The van der Waals surface area contributed by atoms with Gasteiger partial charge in [-0.3, -0.25) is 4.79 Å². The number of nitrogen functional groups attached to an aromatic ring is 1. The number of piperazine rings is 1. The molecule has 42 heavy (non-hydrogen) atoms. The van der Waals surface area contributed by atoms with Crippen LogP contribution >= 0.6 is 22.9 Å². The van der Waals surface area contributed by atoms with Gasteiger partial charge in [-0.15, -0.1) is 11.3 Å². The van der Waals surface area contributed by atoms with Crippen LogP contribution in [-0.2, 0) is 0 Å². The number of hydrogen-bond acceptors (Lipinski definition) is 7. The van der Waals surface area contributed by atoms with Crippen molar-refractivity contribution in [3.05, 3.63) is 88.3 Å². The second kappa shape index (κ2) is 11.5. The quantitative estimate of drug-likeness (QED) is 0.223. The Morgan fingerprint density at radius 3 is 2.40 bits per heavy atom. The molecule has 0 atom stereocenters. The minimum absolute atomic E-state index is 0.0808. The number of anilines is 2. The monoisotopic (exact) mass is 598 g/mol. The molecule has 0 spiro atoms. The highest BCUT2D eigenvalue weighted by molar-refractivity contribution is 7.21. The van der Waals surface area contributed by atoms with E-state index in [0.29, 0.717) is 58.1 Å². The third-order valence-electron chi connectivity index (χ3n) is 7.73. The number of halogens is 1. The number of aryl methyl sites for hydroxylation is 1. The van der Waals surface area contributed by atoms with Gasteiger partial charge in [0.2, 0.25) is 0 Å². The highest BCUT2D eigenvalue weighted by Gasteiger charge is 2.29. The average molecular weight is 599 g/mol. The summed E-state index contributed by atoms with van der Waals surface area (Å²) >= 11 is 7.61. The Morgan fingerprint density at radius 1 is 0.929 bits per heavy atom. The zero-order valence-electron chi connectivity index (χ0n) is 23.7. The maximum atomic E-state index is 13.9. The molecule has 1 amide bonds. The minimum atomic E-state index is -0.0808. The summed E-state index contributed by atoms with van der Waals surface area (Å²) in [7, 11) is 3.23. The van der Waals surface area contributed by atoms with E-state index in [0.717, 1.165) is 39.0 Å². The number of carbonyl (C=O) groups excluding carboxylic acids is 1. The van der Waals surface area contributed by atoms with E-state index >= 15 is 0 Å². The van der Waals surface area contributed by atoms with Crippen LogP contribution in [0.2, 0.25) is 5.02 Å². The largest absolute Gasteiger partial charge is 0.493 e. The van der Waals surface area contributed by atoms with E-state index in [2.05, 4.69) is 11.8 Å². The number of hydrogen-bond donors (Lipinski definition) is 1. The zero-order chi connectivity index (χ0) is 29.4. The molecule has 3 heterocycles. The number of rotatable bonds is 6. The van der Waals surface area contributed by atoms with Crippen LogP contribution in [0.25, 0.3) is 32.6 Å². The number of para-hydroxylation sites is 1. The zero-order valence-corrected chi connectivity index (χ0v) is 25.3. The third kappa shape index (κ3) is 5.01. The molecule has 1 saturated heterocycles. The van der Waals surface area contributed by atoms with Crippen LogP contribution in [0.3, 0.4) is 0 Å². The molecule has 3 aromatic carbocycles. The number of thiophene rings is 1. The molecule has 7 nitrogen and oxygen atoms in total. The van der Waals surface area contributed by atoms with Gasteiger partial charge in [0.1, 0.15) is 9.71 Å². The standard InChI is InChI=1S/C33H31ClN4O3S/c1-20-12-13-22(34)18-26(20)37-14-16-38(17-15-37)33(39)31-29(35)28-24(23-10-7-11-27(40-2)30(23)41-3)19-25(36-32(28)42-31)21-8-5-4-6-9-21/h4-13,18-19H,14-17,35H2,1-3H3. The van der Waals surface area contributed by atoms with Gasteiger partial charge < -0.3 is 25.0 Å². The average Bonchev–Trinajstić information content (AvgIpc) is 3.37. The Labute approximate surface area is 254 Å². The second-order valence-corrected chi connectivity index (χ2v) is 11.6. The molecular formula is C33H31ClN4O3S. The Balaban J connectivity index is 1.40. The van der Waals surface area contributed by atoms with E-state index in [9.17, 15) is 4.79 Å². The van der Waals surface area contributed by atoms with Gasteiger partial charge in [0, 0.05) is 59.0 Å². The number of ether oxygens (including phenoxy) is 2. The van der Waals surface area contributed by atoms with Crippen LogP contribution in [0.1, 0.15) is 15.2 Å². The number of pyridine rings is 1. The number of nitrogens with two attached hydrogens (primary N) is 1. The maximum absolute atomic E-state index is 13.9. The number of benzene rings is 3. The third-order valence-corrected chi connectivity index (χ3v) is 9.06. The summed E-state index contributed by atoms with van der Waals surface area (Å²) in [6.07, 6.45) is 0. The molecule has 5 aromatic rings. The van der Waals surface area contributed by atoms with Gasteiger partial charge in [-0.25, -0.2) is 4.98 Å². The lowest BCUT2D eigenvalue weighted by molar-refractivity contribution is 0.0752. The summed E-state index contributed by atoms with van der Waals surface area (Å²) in [6, 6.07) is 23.6. The fourth-order valence-corrected chi connectivity index (χ4v) is 6.82. The highest BCUT2D eigenvalue weighted by atomic mass is 35.5. The molecule has 0 bridgehead atoms. The Hall–Kier alpha value is -4.27. The Kier molecular flexibility index (Phi) is 7.66. The molecular weight excluding hydrogens is 568 g/mol. The predicted octanol–water partition coefficient (Wildman–Crippen LogP) is 7.15. The van der Waals surface area contributed by atoms with E-state index in [1.807, 2.05) is 77.7 Å². The lowest BCUT2D eigenvalue weighted by Gasteiger charge is -2.36. The molecule has 0 unspecified atom stereocenters. The number of carbonyl (C=O) groups is 1. The van der Waals surface area contributed by atoms with Gasteiger partial charge in [-0.2, -0.15) is 0 Å². The lowest BCUT2D eigenvalue weighted by Crippen LogP contribution is -2.49. The normalized spacial score (nSPS) is 13.4. The van der Waals surface area contributed by atoms with Crippen molar-refractivity contribution in [3.8, 4) is 33.9 Å². The molecule has 214 valence electrons. The maximum Gasteiger partial charge on any atom is 0.266 e. The molecule has 0 radical (unpaired) electrons. The van der Waals surface area contributed by atoms with Crippen LogP contribution in [0.4, 0.5) is 11.4 Å². The van der Waals surface area contributed by atoms with E-state index < -0.39 is 0 Å². The number of amides is 1. The van der Waals surface area contributed by atoms with Gasteiger partial charge >= 0.3 is 0 Å². The molecule has 0 aliphatic carbocycles. The van der Waals surface area contributed by atoms with Crippen molar-refractivity contribution < 1.29 is 14.3 Å². The number of fused-ring (bicyclic) bond motifs is 1. The first-order chi connectivity index (χ1) is 20.4. The van der Waals surface area contributed by atoms with Crippen LogP contribution in [0.5, 0.6) is 11.5 Å². The van der Waals surface area contributed by atoms with Crippen molar-refractivity contribution in [2.24, 2.45) is 0 Å². The van der Waals surface area contributed by atoms with Crippen LogP contribution in [-0.4, -0.2) is 56.2 Å². The molecule has 9 heteroatoms. The SMILES string of the molecule is COc1cccc(-c2cc(-c3ccccc3)nc3sc(C(=O)N4CCN(c5cc(Cl)ccc5C)CC4)c(N)c23)c1OC. The van der Waals surface area contributed by atoms with Gasteiger partial charge in [0.05, 0.1) is 25.6 Å². The molecule has 0 saturated carbocycles. The second-order valence-electron chi connectivity index (χ2n) is 10.2. The van der Waals surface area contributed by atoms with Gasteiger partial charge in [0.15, 0.2) is 11.5 Å². The Morgan fingerprint density at radius 2 is 1.69 bits per heavy atom. The van der Waals surface area contributed by atoms with Crippen molar-refractivity contribution in [1.82, 2.24) is 9.88 Å². The minimum Gasteiger partial charge on any atom is -0.493 e. The van der Waals surface area contributed by atoms with Crippen LogP contribution in [0, 0.1) is 6.92 Å². The van der Waals surface area contributed by atoms with Crippen LogP contribution in [0.15, 0.2) is 72.8 Å². The summed E-state index contributed by atoms with van der Waals surface area (Å²) < 4.78 is 11.4. The fourth-order valence-electron chi connectivity index (χ4n) is 5.57. The molecule has 6 rings (SSSR count). The van der Waals surface area contributed by atoms with Crippen molar-refractivity contribution in [2.45, 2.75) is 6.92 Å². The fraction of sp³-hybridized carbons (Fsp3) is 0.212. The highest BCUT2D eigenvalue weighted by Crippen LogP contribution is 2.46. The van der Waals surface area contributed by atoms with E-state index in [1.54, 1.807) is 14.2 Å². The van der Waals surface area contributed by atoms with Crippen molar-refractivity contribution >= 4 is 50.4 Å². The summed E-state index contributed by atoms with van der Waals surface area (Å²) in [6.45, 7) is 4.66. The number of nitrogens with zero attached hydrogens (tertiary/aromatic N) is 3. The van der Waals surface area contributed by atoms with Gasteiger partial charge in [-0.05, 0) is 36.8 Å². The van der Waals surface area contributed by atoms with E-state index in [4.69, 9.17) is 31.8 Å². The first kappa shape index (κ1) is 27.9. The molecule has 2 aromatic heterocycles. The lowest BCUT2D eigenvalue weighted by atomic mass is 9.98. The van der Waals surface area contributed by atoms with E-state index in [1.165, 1.54) is 11.3 Å². The van der Waals surface area contributed by atoms with Crippen LogP contribution < -0.4 is 20.1 Å². The first-order valence-electron chi connectivity index (χ1n) is 13.7. The molecule has 1 aliphatic heterocycles. The van der Waals surface area contributed by atoms with Gasteiger partial charge in [-0.1, -0.05) is 60.1 Å². The summed E-state index contributed by atoms with van der Waals surface area (Å²) in [5, 5.41) is 1.45. The summed E-state index contributed by atoms with van der Waals surface area (Å²) in [5.41, 5.74) is 12.9. The number of aromatic nitrogens is 1. The Bertz CT molecular complexity index is 1780. The number of methoxy groups -OCH3 is 2. The molecule has 1 fully saturated rings.